The molecule has 4 atom stereocenters. The van der Waals surface area contributed by atoms with Gasteiger partial charge >= 0.3 is 0 Å². The van der Waals surface area contributed by atoms with Crippen LogP contribution in [0.2, 0.25) is 0 Å². The van der Waals surface area contributed by atoms with Gasteiger partial charge in [0.2, 0.25) is 0 Å². The fourth-order valence-corrected chi connectivity index (χ4v) is 2.86. The van der Waals surface area contributed by atoms with Crippen molar-refractivity contribution in [3.63, 3.8) is 0 Å². The van der Waals surface area contributed by atoms with Crippen molar-refractivity contribution < 1.29 is 4.79 Å². The van der Waals surface area contributed by atoms with Gasteiger partial charge in [0.05, 0.1) is 0 Å². The Morgan fingerprint density at radius 2 is 1.94 bits per heavy atom. The van der Waals surface area contributed by atoms with Gasteiger partial charge in [0, 0.05) is 12.3 Å². The first-order chi connectivity index (χ1) is 8.04. The maximum absolute atomic E-state index is 12.1. The fraction of sp³-hybridized carbons (Fsp3) is 0.933. The summed E-state index contributed by atoms with van der Waals surface area (Å²) in [5.41, 5.74) is 5.53. The molecule has 0 aromatic heterocycles. The van der Waals surface area contributed by atoms with Crippen LogP contribution in [0.4, 0.5) is 0 Å². The summed E-state index contributed by atoms with van der Waals surface area (Å²) in [7, 11) is 0. The molecule has 17 heavy (non-hydrogen) atoms. The van der Waals surface area contributed by atoms with Crippen LogP contribution in [0, 0.1) is 23.7 Å². The third kappa shape index (κ3) is 4.79. The van der Waals surface area contributed by atoms with Gasteiger partial charge in [0.25, 0.3) is 0 Å². The number of ketones is 1. The molecule has 1 fully saturated rings. The molecule has 1 rings (SSSR count). The summed E-state index contributed by atoms with van der Waals surface area (Å²) in [6.45, 7) is 7.55. The number of nitrogens with two attached hydrogens (primary N) is 1. The van der Waals surface area contributed by atoms with E-state index in [9.17, 15) is 4.79 Å². The summed E-state index contributed by atoms with van der Waals surface area (Å²) in [5.74, 6) is 2.98. The molecule has 0 amide bonds. The molecular formula is C15H29NO. The Morgan fingerprint density at radius 3 is 2.53 bits per heavy atom. The van der Waals surface area contributed by atoms with Gasteiger partial charge in [-0.2, -0.15) is 0 Å². The number of carbonyl (C=O) groups is 1. The summed E-state index contributed by atoms with van der Waals surface area (Å²) < 4.78 is 0. The standard InChI is InChI=1S/C15H29NO/c1-11(8-9-16)4-7-15(17)14-6-5-12(2)13(3)10-14/h11-14H,4-10,16H2,1-3H3. The topological polar surface area (TPSA) is 43.1 Å². The van der Waals surface area contributed by atoms with Gasteiger partial charge in [-0.25, -0.2) is 0 Å². The van der Waals surface area contributed by atoms with Gasteiger partial charge in [-0.3, -0.25) is 4.79 Å². The van der Waals surface area contributed by atoms with Crippen LogP contribution in [0.5, 0.6) is 0 Å². The zero-order valence-electron chi connectivity index (χ0n) is 11.7. The smallest absolute Gasteiger partial charge is 0.135 e. The van der Waals surface area contributed by atoms with Crippen LogP contribution in [0.25, 0.3) is 0 Å². The van der Waals surface area contributed by atoms with Crippen LogP contribution in [0.3, 0.4) is 0 Å². The fourth-order valence-electron chi connectivity index (χ4n) is 2.86. The van der Waals surface area contributed by atoms with Crippen molar-refractivity contribution in [3.8, 4) is 0 Å². The number of hydrogen-bond acceptors (Lipinski definition) is 2. The van der Waals surface area contributed by atoms with E-state index in [-0.39, 0.29) is 0 Å². The summed E-state index contributed by atoms with van der Waals surface area (Å²) in [6.07, 6.45) is 6.31. The third-order valence-corrected chi connectivity index (χ3v) is 4.60. The molecule has 0 bridgehead atoms. The molecule has 2 nitrogen and oxygen atoms in total. The van der Waals surface area contributed by atoms with Gasteiger partial charge in [-0.1, -0.05) is 20.8 Å². The van der Waals surface area contributed by atoms with E-state index in [1.807, 2.05) is 0 Å². The molecule has 2 N–H and O–H groups in total. The highest BCUT2D eigenvalue weighted by Gasteiger charge is 2.28. The van der Waals surface area contributed by atoms with E-state index in [1.165, 1.54) is 6.42 Å². The first-order valence-electron chi connectivity index (χ1n) is 7.27. The quantitative estimate of drug-likeness (QED) is 0.772. The molecule has 100 valence electrons. The Kier molecular flexibility index (Phi) is 6.18. The summed E-state index contributed by atoms with van der Waals surface area (Å²) >= 11 is 0. The molecule has 2 heteroatoms. The predicted octanol–water partition coefficient (Wildman–Crippen LogP) is 3.39. The molecule has 0 saturated heterocycles. The Balaban J connectivity index is 2.28. The van der Waals surface area contributed by atoms with Crippen molar-refractivity contribution in [1.29, 1.82) is 0 Å². The second-order valence-corrected chi connectivity index (χ2v) is 6.15. The molecule has 1 aliphatic rings. The minimum atomic E-state index is 0.353. The van der Waals surface area contributed by atoms with Crippen molar-refractivity contribution in [2.75, 3.05) is 6.54 Å². The van der Waals surface area contributed by atoms with E-state index in [2.05, 4.69) is 20.8 Å². The molecule has 0 spiro atoms. The number of Topliss-reactive ketones (excluding diaryl/α,β-unsaturated/α-hetero) is 1. The van der Waals surface area contributed by atoms with Gasteiger partial charge in [-0.05, 0) is 56.4 Å². The van der Waals surface area contributed by atoms with Crippen LogP contribution in [0.15, 0.2) is 0 Å². The first kappa shape index (κ1) is 14.7. The zero-order chi connectivity index (χ0) is 12.8. The Hall–Kier alpha value is -0.370. The highest BCUT2D eigenvalue weighted by molar-refractivity contribution is 5.81. The van der Waals surface area contributed by atoms with Crippen molar-refractivity contribution >= 4 is 5.78 Å². The molecule has 0 aliphatic heterocycles. The van der Waals surface area contributed by atoms with Crippen molar-refractivity contribution in [3.05, 3.63) is 0 Å². The van der Waals surface area contributed by atoms with Crippen LogP contribution in [-0.4, -0.2) is 12.3 Å². The lowest BCUT2D eigenvalue weighted by atomic mass is 9.73. The number of rotatable bonds is 6. The second-order valence-electron chi connectivity index (χ2n) is 6.15. The van der Waals surface area contributed by atoms with E-state index in [0.717, 1.165) is 50.5 Å². The minimum absolute atomic E-state index is 0.353. The van der Waals surface area contributed by atoms with Gasteiger partial charge in [-0.15, -0.1) is 0 Å². The maximum Gasteiger partial charge on any atom is 0.135 e. The minimum Gasteiger partial charge on any atom is -0.330 e. The summed E-state index contributed by atoms with van der Waals surface area (Å²) in [5, 5.41) is 0. The van der Waals surface area contributed by atoms with Crippen molar-refractivity contribution in [2.24, 2.45) is 29.4 Å². The monoisotopic (exact) mass is 239 g/mol. The van der Waals surface area contributed by atoms with Gasteiger partial charge in [0.1, 0.15) is 5.78 Å². The largest absolute Gasteiger partial charge is 0.330 e. The molecule has 0 aromatic carbocycles. The van der Waals surface area contributed by atoms with Crippen molar-refractivity contribution in [2.45, 2.75) is 59.3 Å². The average Bonchev–Trinajstić information content (AvgIpc) is 2.30. The SMILES string of the molecule is CC(CCN)CCC(=O)C1CCC(C)C(C)C1. The number of carbonyl (C=O) groups excluding carboxylic acids is 1. The zero-order valence-corrected chi connectivity index (χ0v) is 11.7. The van der Waals surface area contributed by atoms with Gasteiger partial charge in [0.15, 0.2) is 0 Å². The first-order valence-corrected chi connectivity index (χ1v) is 7.27. The lowest BCUT2D eigenvalue weighted by molar-refractivity contribution is -0.124. The molecule has 1 saturated carbocycles. The Bertz CT molecular complexity index is 239. The van der Waals surface area contributed by atoms with Crippen LogP contribution >= 0.6 is 0 Å². The molecule has 4 unspecified atom stereocenters. The summed E-state index contributed by atoms with van der Waals surface area (Å²) in [6, 6.07) is 0. The van der Waals surface area contributed by atoms with Crippen LogP contribution in [-0.2, 0) is 4.79 Å². The second kappa shape index (κ2) is 7.15. The third-order valence-electron chi connectivity index (χ3n) is 4.60. The Labute approximate surface area is 106 Å². The normalized spacial score (nSPS) is 31.2. The Morgan fingerprint density at radius 1 is 1.24 bits per heavy atom. The van der Waals surface area contributed by atoms with Gasteiger partial charge < -0.3 is 5.73 Å². The predicted molar refractivity (Wildman–Crippen MR) is 72.7 cm³/mol. The average molecular weight is 239 g/mol. The van der Waals surface area contributed by atoms with E-state index in [4.69, 9.17) is 5.73 Å². The van der Waals surface area contributed by atoms with Crippen LogP contribution in [0.1, 0.15) is 59.3 Å². The van der Waals surface area contributed by atoms with E-state index < -0.39 is 0 Å². The molecule has 1 aliphatic carbocycles. The van der Waals surface area contributed by atoms with E-state index >= 15 is 0 Å². The highest BCUT2D eigenvalue weighted by atomic mass is 16.1. The lowest BCUT2D eigenvalue weighted by Gasteiger charge is -2.31. The van der Waals surface area contributed by atoms with Crippen molar-refractivity contribution in [1.82, 2.24) is 0 Å². The van der Waals surface area contributed by atoms with E-state index in [1.54, 1.807) is 0 Å². The maximum atomic E-state index is 12.1. The lowest BCUT2D eigenvalue weighted by Crippen LogP contribution is -2.26. The molecule has 0 aromatic rings. The van der Waals surface area contributed by atoms with Crippen LogP contribution < -0.4 is 5.73 Å². The summed E-state index contributed by atoms with van der Waals surface area (Å²) in [4.78, 5) is 12.1. The highest BCUT2D eigenvalue weighted by Crippen LogP contribution is 2.34. The molecular weight excluding hydrogens is 210 g/mol. The van der Waals surface area contributed by atoms with E-state index in [0.29, 0.717) is 17.6 Å². The molecule has 0 radical (unpaired) electrons. The number of hydrogen-bond donors (Lipinski definition) is 1. The molecule has 0 heterocycles.